The van der Waals surface area contributed by atoms with Crippen LogP contribution in [-0.4, -0.2) is 11.3 Å². The maximum atomic E-state index is 10.5. The average Bonchev–Trinajstić information content (AvgIpc) is 2.60. The largest absolute Gasteiger partial charge is 0.361 e. The lowest BCUT2D eigenvalue weighted by Crippen LogP contribution is -1.92. The minimum absolute atomic E-state index is 0.291. The monoisotopic (exact) mass is 201 g/mol. The molecule has 1 aromatic carbocycles. The van der Waals surface area contributed by atoms with Gasteiger partial charge in [0.2, 0.25) is 0 Å². The minimum atomic E-state index is 0.291. The molecular weight excluding hydrogens is 186 g/mol. The van der Waals surface area contributed by atoms with Gasteiger partial charge in [-0.15, -0.1) is 0 Å². The van der Waals surface area contributed by atoms with Crippen LogP contribution in [0.4, 0.5) is 0 Å². The van der Waals surface area contributed by atoms with Crippen molar-refractivity contribution in [3.8, 4) is 0 Å². The summed E-state index contributed by atoms with van der Waals surface area (Å²) >= 11 is 0. The Morgan fingerprint density at radius 1 is 1.47 bits per heavy atom. The molecule has 2 heteroatoms. The number of hydrogen-bond donors (Lipinski definition) is 1. The number of nitrogens with one attached hydrogen (secondary N) is 1. The van der Waals surface area contributed by atoms with Gasteiger partial charge in [0.1, 0.15) is 6.29 Å². The molecule has 0 spiro atoms. The summed E-state index contributed by atoms with van der Waals surface area (Å²) in [5.74, 6) is 0.291. The molecule has 1 N–H and O–H groups in total. The van der Waals surface area contributed by atoms with E-state index in [1.54, 1.807) is 0 Å². The van der Waals surface area contributed by atoms with Crippen LogP contribution in [0, 0.1) is 6.92 Å². The molecule has 0 amide bonds. The Hall–Kier alpha value is -1.57. The first-order valence-electron chi connectivity index (χ1n) is 5.23. The molecule has 2 aromatic rings. The number of carbonyl (C=O) groups is 1. The number of carbonyl (C=O) groups excluding carboxylic acids is 1. The Morgan fingerprint density at radius 2 is 2.27 bits per heavy atom. The van der Waals surface area contributed by atoms with Crippen molar-refractivity contribution >= 4 is 17.2 Å². The summed E-state index contributed by atoms with van der Waals surface area (Å²) < 4.78 is 0. The van der Waals surface area contributed by atoms with Crippen LogP contribution in [0.2, 0.25) is 0 Å². The van der Waals surface area contributed by atoms with Crippen LogP contribution in [-0.2, 0) is 4.79 Å². The fourth-order valence-corrected chi connectivity index (χ4v) is 1.94. The van der Waals surface area contributed by atoms with Gasteiger partial charge in [0.05, 0.1) is 0 Å². The SMILES string of the molecule is Cc1ccc2c(C(C)CC=O)c[nH]c2c1. The van der Waals surface area contributed by atoms with Crippen LogP contribution in [0.25, 0.3) is 10.9 Å². The van der Waals surface area contributed by atoms with E-state index >= 15 is 0 Å². The molecule has 0 aliphatic rings. The molecular formula is C13H15NO. The second-order valence-corrected chi connectivity index (χ2v) is 4.10. The number of benzene rings is 1. The van der Waals surface area contributed by atoms with Gasteiger partial charge >= 0.3 is 0 Å². The molecule has 1 unspecified atom stereocenters. The van der Waals surface area contributed by atoms with Crippen molar-refractivity contribution in [3.63, 3.8) is 0 Å². The van der Waals surface area contributed by atoms with Crippen LogP contribution < -0.4 is 0 Å². The van der Waals surface area contributed by atoms with Gasteiger partial charge in [-0.25, -0.2) is 0 Å². The maximum Gasteiger partial charge on any atom is 0.120 e. The highest BCUT2D eigenvalue weighted by atomic mass is 16.1. The zero-order valence-corrected chi connectivity index (χ0v) is 9.08. The smallest absolute Gasteiger partial charge is 0.120 e. The molecule has 1 heterocycles. The molecule has 15 heavy (non-hydrogen) atoms. The minimum Gasteiger partial charge on any atom is -0.361 e. The second kappa shape index (κ2) is 3.89. The number of aromatic amines is 1. The number of rotatable bonds is 3. The predicted molar refractivity (Wildman–Crippen MR) is 62.1 cm³/mol. The molecule has 0 bridgehead atoms. The first-order valence-corrected chi connectivity index (χ1v) is 5.23. The summed E-state index contributed by atoms with van der Waals surface area (Å²) in [6, 6.07) is 6.36. The van der Waals surface area contributed by atoms with Gasteiger partial charge in [-0.05, 0) is 30.0 Å². The van der Waals surface area contributed by atoms with Gasteiger partial charge in [0.25, 0.3) is 0 Å². The summed E-state index contributed by atoms with van der Waals surface area (Å²) in [6.45, 7) is 4.16. The zero-order chi connectivity index (χ0) is 10.8. The van der Waals surface area contributed by atoms with Crippen LogP contribution >= 0.6 is 0 Å². The van der Waals surface area contributed by atoms with Gasteiger partial charge < -0.3 is 9.78 Å². The fraction of sp³-hybridized carbons (Fsp3) is 0.308. The van der Waals surface area contributed by atoms with E-state index in [0.29, 0.717) is 12.3 Å². The molecule has 0 fully saturated rings. The third-order valence-electron chi connectivity index (χ3n) is 2.85. The molecule has 78 valence electrons. The van der Waals surface area contributed by atoms with E-state index in [9.17, 15) is 4.79 Å². The zero-order valence-electron chi connectivity index (χ0n) is 9.08. The predicted octanol–water partition coefficient (Wildman–Crippen LogP) is 3.17. The number of H-pyrrole nitrogens is 1. The summed E-state index contributed by atoms with van der Waals surface area (Å²) in [4.78, 5) is 13.7. The molecule has 2 rings (SSSR count). The highest BCUT2D eigenvalue weighted by Gasteiger charge is 2.10. The topological polar surface area (TPSA) is 32.9 Å². The maximum absolute atomic E-state index is 10.5. The standard InChI is InChI=1S/C13H15NO/c1-9-3-4-11-12(10(2)5-6-15)8-14-13(11)7-9/h3-4,6-8,10,14H,5H2,1-2H3. The summed E-state index contributed by atoms with van der Waals surface area (Å²) in [7, 11) is 0. The van der Waals surface area contributed by atoms with Crippen molar-refractivity contribution in [1.29, 1.82) is 0 Å². The van der Waals surface area contributed by atoms with E-state index in [0.717, 1.165) is 11.8 Å². The molecule has 0 saturated carbocycles. The van der Waals surface area contributed by atoms with Crippen molar-refractivity contribution < 1.29 is 4.79 Å². The van der Waals surface area contributed by atoms with E-state index in [2.05, 4.69) is 37.0 Å². The fourth-order valence-electron chi connectivity index (χ4n) is 1.94. The Morgan fingerprint density at radius 3 is 3.00 bits per heavy atom. The summed E-state index contributed by atoms with van der Waals surface area (Å²) in [5.41, 5.74) is 3.64. The van der Waals surface area contributed by atoms with Crippen molar-refractivity contribution in [3.05, 3.63) is 35.5 Å². The Labute approximate surface area is 89.3 Å². The number of hydrogen-bond acceptors (Lipinski definition) is 1. The van der Waals surface area contributed by atoms with Crippen LogP contribution in [0.3, 0.4) is 0 Å². The summed E-state index contributed by atoms with van der Waals surface area (Å²) in [5, 5.41) is 1.23. The van der Waals surface area contributed by atoms with Gasteiger partial charge in [-0.2, -0.15) is 0 Å². The van der Waals surface area contributed by atoms with E-state index in [1.165, 1.54) is 16.5 Å². The quantitative estimate of drug-likeness (QED) is 0.760. The van der Waals surface area contributed by atoms with Crippen LogP contribution in [0.15, 0.2) is 24.4 Å². The first kappa shape index (κ1) is 9.97. The third kappa shape index (κ3) is 1.80. The Bertz CT molecular complexity index is 484. The van der Waals surface area contributed by atoms with E-state index in [-0.39, 0.29) is 0 Å². The van der Waals surface area contributed by atoms with Gasteiger partial charge in [-0.3, -0.25) is 0 Å². The number of aldehydes is 1. The van der Waals surface area contributed by atoms with Crippen molar-refractivity contribution in [2.75, 3.05) is 0 Å². The van der Waals surface area contributed by atoms with Gasteiger partial charge in [0.15, 0.2) is 0 Å². The van der Waals surface area contributed by atoms with E-state index in [4.69, 9.17) is 0 Å². The molecule has 1 aromatic heterocycles. The second-order valence-electron chi connectivity index (χ2n) is 4.10. The average molecular weight is 201 g/mol. The van der Waals surface area contributed by atoms with Crippen molar-refractivity contribution in [2.24, 2.45) is 0 Å². The lowest BCUT2D eigenvalue weighted by atomic mass is 9.97. The molecule has 0 aliphatic heterocycles. The highest BCUT2D eigenvalue weighted by Crippen LogP contribution is 2.27. The van der Waals surface area contributed by atoms with E-state index in [1.807, 2.05) is 6.20 Å². The molecule has 0 saturated heterocycles. The Kier molecular flexibility index (Phi) is 2.58. The highest BCUT2D eigenvalue weighted by molar-refractivity contribution is 5.84. The van der Waals surface area contributed by atoms with Crippen LogP contribution in [0.5, 0.6) is 0 Å². The summed E-state index contributed by atoms with van der Waals surface area (Å²) in [6.07, 6.45) is 3.58. The number of aryl methyl sites for hydroxylation is 1. The van der Waals surface area contributed by atoms with Gasteiger partial charge in [0, 0.05) is 23.5 Å². The first-order chi connectivity index (χ1) is 7.22. The van der Waals surface area contributed by atoms with Gasteiger partial charge in [-0.1, -0.05) is 19.1 Å². The van der Waals surface area contributed by atoms with Crippen molar-refractivity contribution in [2.45, 2.75) is 26.2 Å². The lowest BCUT2D eigenvalue weighted by molar-refractivity contribution is -0.108. The van der Waals surface area contributed by atoms with Crippen molar-refractivity contribution in [1.82, 2.24) is 4.98 Å². The molecule has 0 aliphatic carbocycles. The number of fused-ring (bicyclic) bond motifs is 1. The van der Waals surface area contributed by atoms with Crippen LogP contribution in [0.1, 0.15) is 30.4 Å². The molecule has 1 atom stereocenters. The third-order valence-corrected chi connectivity index (χ3v) is 2.85. The van der Waals surface area contributed by atoms with E-state index < -0.39 is 0 Å². The molecule has 2 nitrogen and oxygen atoms in total. The Balaban J connectivity index is 2.49. The lowest BCUT2D eigenvalue weighted by Gasteiger charge is -2.05. The molecule has 0 radical (unpaired) electrons. The number of aromatic nitrogens is 1. The normalized spacial score (nSPS) is 12.9.